The van der Waals surface area contributed by atoms with Gasteiger partial charge in [-0.3, -0.25) is 4.79 Å². The van der Waals surface area contributed by atoms with Crippen molar-refractivity contribution in [2.24, 2.45) is 0 Å². The maximum atomic E-state index is 12.5. The van der Waals surface area contributed by atoms with Crippen LogP contribution in [0.5, 0.6) is 11.5 Å². The van der Waals surface area contributed by atoms with Crippen LogP contribution in [0.25, 0.3) is 0 Å². The van der Waals surface area contributed by atoms with Crippen molar-refractivity contribution < 1.29 is 14.3 Å². The summed E-state index contributed by atoms with van der Waals surface area (Å²) < 4.78 is 10.4. The fourth-order valence-electron chi connectivity index (χ4n) is 2.61. The van der Waals surface area contributed by atoms with Gasteiger partial charge in [-0.2, -0.15) is 0 Å². The first kappa shape index (κ1) is 19.2. The average molecular weight is 377 g/mol. The van der Waals surface area contributed by atoms with E-state index in [1.54, 1.807) is 44.7 Å². The summed E-state index contributed by atoms with van der Waals surface area (Å²) in [6.07, 6.45) is 1.62. The molecule has 0 atom stereocenters. The van der Waals surface area contributed by atoms with Crippen LogP contribution >= 0.6 is 0 Å². The van der Waals surface area contributed by atoms with Crippen molar-refractivity contribution in [1.82, 2.24) is 4.98 Å². The Bertz CT molecular complexity index is 916. The Morgan fingerprint density at radius 1 is 0.964 bits per heavy atom. The molecule has 28 heavy (non-hydrogen) atoms. The second kappa shape index (κ2) is 8.90. The molecule has 0 aliphatic heterocycles. The normalized spacial score (nSPS) is 10.2. The maximum Gasteiger partial charge on any atom is 0.255 e. The number of aryl methyl sites for hydroxylation is 1. The largest absolute Gasteiger partial charge is 0.497 e. The molecule has 0 aliphatic rings. The molecule has 0 radical (unpaired) electrons. The van der Waals surface area contributed by atoms with Crippen LogP contribution in [0.3, 0.4) is 0 Å². The first-order chi connectivity index (χ1) is 13.6. The van der Waals surface area contributed by atoms with Gasteiger partial charge < -0.3 is 20.1 Å². The summed E-state index contributed by atoms with van der Waals surface area (Å²) in [5.41, 5.74) is 3.46. The van der Waals surface area contributed by atoms with Crippen molar-refractivity contribution in [2.45, 2.75) is 13.5 Å². The molecule has 0 saturated carbocycles. The smallest absolute Gasteiger partial charge is 0.255 e. The highest BCUT2D eigenvalue weighted by Crippen LogP contribution is 2.23. The Morgan fingerprint density at radius 3 is 2.21 bits per heavy atom. The van der Waals surface area contributed by atoms with Crippen LogP contribution in [-0.4, -0.2) is 25.1 Å². The Morgan fingerprint density at radius 2 is 1.64 bits per heavy atom. The lowest BCUT2D eigenvalue weighted by Crippen LogP contribution is -2.12. The molecular formula is C22H23N3O3. The Kier molecular flexibility index (Phi) is 6.11. The summed E-state index contributed by atoms with van der Waals surface area (Å²) >= 11 is 0. The third kappa shape index (κ3) is 5.01. The number of rotatable bonds is 7. The summed E-state index contributed by atoms with van der Waals surface area (Å²) in [7, 11) is 3.09. The molecule has 0 fully saturated rings. The maximum absolute atomic E-state index is 12.5. The minimum atomic E-state index is -0.264. The number of hydrogen-bond acceptors (Lipinski definition) is 5. The predicted octanol–water partition coefficient (Wildman–Crippen LogP) is 4.27. The van der Waals surface area contributed by atoms with Crippen molar-refractivity contribution in [3.63, 3.8) is 0 Å². The summed E-state index contributed by atoms with van der Waals surface area (Å²) in [5.74, 6) is 1.58. The molecular weight excluding hydrogens is 354 g/mol. The van der Waals surface area contributed by atoms with Gasteiger partial charge in [0.2, 0.25) is 0 Å². The highest BCUT2D eigenvalue weighted by Gasteiger charge is 2.10. The SMILES string of the molecule is COc1cc(OC)cc(C(=O)Nc2ccc(NCc3ccc(C)cc3)nc2)c1. The van der Waals surface area contributed by atoms with Crippen molar-refractivity contribution in [1.29, 1.82) is 0 Å². The van der Waals surface area contributed by atoms with Gasteiger partial charge in [0.25, 0.3) is 5.91 Å². The highest BCUT2D eigenvalue weighted by molar-refractivity contribution is 6.04. The van der Waals surface area contributed by atoms with Crippen LogP contribution in [-0.2, 0) is 6.54 Å². The number of amides is 1. The number of aromatic nitrogens is 1. The van der Waals surface area contributed by atoms with Crippen LogP contribution in [0.4, 0.5) is 11.5 Å². The van der Waals surface area contributed by atoms with Crippen LogP contribution in [0.15, 0.2) is 60.8 Å². The van der Waals surface area contributed by atoms with Gasteiger partial charge in [-0.1, -0.05) is 29.8 Å². The van der Waals surface area contributed by atoms with Crippen molar-refractivity contribution in [2.75, 3.05) is 24.9 Å². The zero-order chi connectivity index (χ0) is 19.9. The molecule has 1 aromatic heterocycles. The van der Waals surface area contributed by atoms with Gasteiger partial charge in [0.05, 0.1) is 26.1 Å². The molecule has 2 N–H and O–H groups in total. The van der Waals surface area contributed by atoms with Crippen molar-refractivity contribution in [3.8, 4) is 11.5 Å². The Hall–Kier alpha value is -3.54. The number of hydrogen-bond donors (Lipinski definition) is 2. The van der Waals surface area contributed by atoms with E-state index in [0.717, 1.165) is 5.82 Å². The monoisotopic (exact) mass is 377 g/mol. The number of benzene rings is 2. The van der Waals surface area contributed by atoms with E-state index in [9.17, 15) is 4.79 Å². The van der Waals surface area contributed by atoms with Gasteiger partial charge in [-0.05, 0) is 36.8 Å². The number of carbonyl (C=O) groups is 1. The minimum absolute atomic E-state index is 0.264. The van der Waals surface area contributed by atoms with Gasteiger partial charge in [0.1, 0.15) is 17.3 Å². The molecule has 3 aromatic rings. The fraction of sp³-hybridized carbons (Fsp3) is 0.182. The van der Waals surface area contributed by atoms with E-state index in [1.807, 2.05) is 6.07 Å². The third-order valence-corrected chi connectivity index (χ3v) is 4.23. The van der Waals surface area contributed by atoms with Crippen LogP contribution in [0.2, 0.25) is 0 Å². The number of nitrogens with zero attached hydrogens (tertiary/aromatic N) is 1. The van der Waals surface area contributed by atoms with Gasteiger partial charge in [-0.15, -0.1) is 0 Å². The molecule has 144 valence electrons. The quantitative estimate of drug-likeness (QED) is 0.643. The average Bonchev–Trinajstić information content (AvgIpc) is 2.74. The summed E-state index contributed by atoms with van der Waals surface area (Å²) in [6, 6.07) is 17.0. The molecule has 6 heteroatoms. The second-order valence-corrected chi connectivity index (χ2v) is 6.33. The molecule has 0 saturated heterocycles. The standard InChI is InChI=1S/C22H23N3O3/c1-15-4-6-16(7-5-15)13-23-21-9-8-18(14-24-21)25-22(26)17-10-19(27-2)12-20(11-17)28-3/h4-12,14H,13H2,1-3H3,(H,23,24)(H,25,26). The van der Waals surface area contributed by atoms with E-state index >= 15 is 0 Å². The van der Waals surface area contributed by atoms with Crippen LogP contribution < -0.4 is 20.1 Å². The van der Waals surface area contributed by atoms with E-state index in [-0.39, 0.29) is 5.91 Å². The highest BCUT2D eigenvalue weighted by atomic mass is 16.5. The van der Waals surface area contributed by atoms with E-state index in [4.69, 9.17) is 9.47 Å². The van der Waals surface area contributed by atoms with E-state index in [0.29, 0.717) is 29.3 Å². The van der Waals surface area contributed by atoms with Gasteiger partial charge in [-0.25, -0.2) is 4.98 Å². The number of methoxy groups -OCH3 is 2. The second-order valence-electron chi connectivity index (χ2n) is 6.33. The van der Waals surface area contributed by atoms with Crippen LogP contribution in [0.1, 0.15) is 21.5 Å². The third-order valence-electron chi connectivity index (χ3n) is 4.23. The number of pyridine rings is 1. The molecule has 1 heterocycles. The van der Waals surface area contributed by atoms with Crippen molar-refractivity contribution in [3.05, 3.63) is 77.5 Å². The molecule has 1 amide bonds. The molecule has 0 bridgehead atoms. The first-order valence-corrected chi connectivity index (χ1v) is 8.87. The van der Waals surface area contributed by atoms with Crippen LogP contribution in [0, 0.1) is 6.92 Å². The summed E-state index contributed by atoms with van der Waals surface area (Å²) in [4.78, 5) is 16.9. The molecule has 3 rings (SSSR count). The van der Waals surface area contributed by atoms with Gasteiger partial charge in [0.15, 0.2) is 0 Å². The van der Waals surface area contributed by atoms with E-state index in [1.165, 1.54) is 11.1 Å². The van der Waals surface area contributed by atoms with E-state index < -0.39 is 0 Å². The number of nitrogens with one attached hydrogen (secondary N) is 2. The van der Waals surface area contributed by atoms with E-state index in [2.05, 4.69) is 46.8 Å². The fourth-order valence-corrected chi connectivity index (χ4v) is 2.61. The molecule has 0 spiro atoms. The Labute approximate surface area is 164 Å². The molecule has 6 nitrogen and oxygen atoms in total. The number of ether oxygens (including phenoxy) is 2. The first-order valence-electron chi connectivity index (χ1n) is 8.87. The molecule has 2 aromatic carbocycles. The Balaban J connectivity index is 1.62. The summed E-state index contributed by atoms with van der Waals surface area (Å²) in [6.45, 7) is 2.75. The minimum Gasteiger partial charge on any atom is -0.497 e. The molecule has 0 unspecified atom stereocenters. The number of carbonyl (C=O) groups excluding carboxylic acids is 1. The lowest BCUT2D eigenvalue weighted by molar-refractivity contribution is 0.102. The topological polar surface area (TPSA) is 72.5 Å². The van der Waals surface area contributed by atoms with Crippen molar-refractivity contribution >= 4 is 17.4 Å². The zero-order valence-electron chi connectivity index (χ0n) is 16.2. The van der Waals surface area contributed by atoms with Gasteiger partial charge >= 0.3 is 0 Å². The molecule has 0 aliphatic carbocycles. The zero-order valence-corrected chi connectivity index (χ0v) is 16.2. The lowest BCUT2D eigenvalue weighted by atomic mass is 10.1. The number of anilines is 2. The lowest BCUT2D eigenvalue weighted by Gasteiger charge is -2.10. The summed E-state index contributed by atoms with van der Waals surface area (Å²) in [5, 5.41) is 6.09. The predicted molar refractivity (Wildman–Crippen MR) is 110 cm³/mol. The van der Waals surface area contributed by atoms with Gasteiger partial charge in [0, 0.05) is 18.2 Å².